The Kier molecular flexibility index (Phi) is 7.42. The summed E-state index contributed by atoms with van der Waals surface area (Å²) in [6.45, 7) is 2.29. The molecule has 5 heteroatoms. The van der Waals surface area contributed by atoms with Gasteiger partial charge >= 0.3 is 0 Å². The van der Waals surface area contributed by atoms with Crippen LogP contribution in [0, 0.1) is 0 Å². The summed E-state index contributed by atoms with van der Waals surface area (Å²) >= 11 is 13.7. The molecule has 0 saturated heterocycles. The van der Waals surface area contributed by atoms with Gasteiger partial charge in [0.15, 0.2) is 0 Å². The SMILES string of the molecule is CSCC(CCO)NC(C)c1ccc(Cl)c(Cl)c1. The van der Waals surface area contributed by atoms with Gasteiger partial charge in [0.1, 0.15) is 0 Å². The van der Waals surface area contributed by atoms with Crippen LogP contribution >= 0.6 is 35.0 Å². The van der Waals surface area contributed by atoms with Crippen molar-refractivity contribution in [1.82, 2.24) is 5.32 Å². The van der Waals surface area contributed by atoms with Crippen LogP contribution in [-0.2, 0) is 0 Å². The van der Waals surface area contributed by atoms with Gasteiger partial charge in [0.05, 0.1) is 10.0 Å². The molecule has 1 rings (SSSR count). The van der Waals surface area contributed by atoms with Crippen molar-refractivity contribution in [2.45, 2.75) is 25.4 Å². The standard InChI is InChI=1S/C13H19Cl2NOS/c1-9(16-11(5-6-17)8-18-2)10-3-4-12(14)13(15)7-10/h3-4,7,9,11,16-17H,5-6,8H2,1-2H3. The maximum Gasteiger partial charge on any atom is 0.0595 e. The van der Waals surface area contributed by atoms with Crippen LogP contribution in [0.5, 0.6) is 0 Å². The molecule has 0 radical (unpaired) electrons. The average molecular weight is 308 g/mol. The Morgan fingerprint density at radius 1 is 1.33 bits per heavy atom. The molecule has 2 atom stereocenters. The molecular weight excluding hydrogens is 289 g/mol. The van der Waals surface area contributed by atoms with Crippen LogP contribution in [0.2, 0.25) is 10.0 Å². The zero-order valence-corrected chi connectivity index (χ0v) is 12.9. The Labute approximate surface area is 123 Å². The lowest BCUT2D eigenvalue weighted by Gasteiger charge is -2.22. The summed E-state index contributed by atoms with van der Waals surface area (Å²) in [5.41, 5.74) is 1.11. The van der Waals surface area contributed by atoms with Gasteiger partial charge in [-0.1, -0.05) is 29.3 Å². The number of rotatable bonds is 7. The number of halogens is 2. The second-order valence-electron chi connectivity index (χ2n) is 4.23. The first-order chi connectivity index (χ1) is 8.58. The molecule has 0 amide bonds. The van der Waals surface area contributed by atoms with Crippen molar-refractivity contribution >= 4 is 35.0 Å². The Morgan fingerprint density at radius 3 is 2.61 bits per heavy atom. The van der Waals surface area contributed by atoms with Crippen molar-refractivity contribution in [3.63, 3.8) is 0 Å². The molecular formula is C13H19Cl2NOS. The third kappa shape index (κ3) is 4.98. The molecule has 0 heterocycles. The molecule has 2 unspecified atom stereocenters. The zero-order chi connectivity index (χ0) is 13.5. The van der Waals surface area contributed by atoms with Gasteiger partial charge in [-0.15, -0.1) is 0 Å². The molecule has 1 aromatic carbocycles. The highest BCUT2D eigenvalue weighted by molar-refractivity contribution is 7.98. The van der Waals surface area contributed by atoms with Gasteiger partial charge in [-0.05, 0) is 37.3 Å². The predicted octanol–water partition coefficient (Wildman–Crippen LogP) is 3.76. The summed E-state index contributed by atoms with van der Waals surface area (Å²) in [6.07, 6.45) is 2.82. The monoisotopic (exact) mass is 307 g/mol. The highest BCUT2D eigenvalue weighted by Gasteiger charge is 2.13. The fourth-order valence-electron chi connectivity index (χ4n) is 1.80. The molecule has 1 aromatic rings. The van der Waals surface area contributed by atoms with E-state index in [0.29, 0.717) is 16.1 Å². The molecule has 18 heavy (non-hydrogen) atoms. The molecule has 0 aliphatic rings. The minimum absolute atomic E-state index is 0.184. The van der Waals surface area contributed by atoms with E-state index in [9.17, 15) is 0 Å². The number of hydrogen-bond donors (Lipinski definition) is 2. The summed E-state index contributed by atoms with van der Waals surface area (Å²) in [5.74, 6) is 0.978. The first kappa shape index (κ1) is 16.1. The van der Waals surface area contributed by atoms with Crippen molar-refractivity contribution < 1.29 is 5.11 Å². The van der Waals surface area contributed by atoms with Crippen molar-refractivity contribution in [3.8, 4) is 0 Å². The Bertz CT molecular complexity index is 370. The van der Waals surface area contributed by atoms with Crippen molar-refractivity contribution in [2.24, 2.45) is 0 Å². The van der Waals surface area contributed by atoms with E-state index in [1.165, 1.54) is 0 Å². The van der Waals surface area contributed by atoms with E-state index in [0.717, 1.165) is 17.7 Å². The predicted molar refractivity (Wildman–Crippen MR) is 81.9 cm³/mol. The summed E-state index contributed by atoms with van der Waals surface area (Å²) in [6, 6.07) is 6.16. The lowest BCUT2D eigenvalue weighted by atomic mass is 10.1. The van der Waals surface area contributed by atoms with E-state index in [4.69, 9.17) is 28.3 Å². The molecule has 0 fully saturated rings. The minimum Gasteiger partial charge on any atom is -0.396 e. The molecule has 2 N–H and O–H groups in total. The van der Waals surface area contributed by atoms with Gasteiger partial charge in [-0.2, -0.15) is 11.8 Å². The van der Waals surface area contributed by atoms with E-state index in [-0.39, 0.29) is 12.6 Å². The topological polar surface area (TPSA) is 32.3 Å². The maximum absolute atomic E-state index is 9.04. The van der Waals surface area contributed by atoms with Crippen LogP contribution in [-0.4, -0.2) is 29.8 Å². The quantitative estimate of drug-likeness (QED) is 0.804. The zero-order valence-electron chi connectivity index (χ0n) is 10.6. The number of nitrogens with one attached hydrogen (secondary N) is 1. The first-order valence-corrected chi connectivity index (χ1v) is 8.04. The number of aliphatic hydroxyl groups is 1. The van der Waals surface area contributed by atoms with Crippen molar-refractivity contribution in [2.75, 3.05) is 18.6 Å². The maximum atomic E-state index is 9.04. The summed E-state index contributed by atoms with van der Waals surface area (Å²) in [5, 5.41) is 13.7. The molecule has 0 saturated carbocycles. The minimum atomic E-state index is 0.184. The number of thioether (sulfide) groups is 1. The van der Waals surface area contributed by atoms with Gasteiger partial charge in [0.2, 0.25) is 0 Å². The highest BCUT2D eigenvalue weighted by atomic mass is 35.5. The Morgan fingerprint density at radius 2 is 2.06 bits per heavy atom. The number of aliphatic hydroxyl groups excluding tert-OH is 1. The fourth-order valence-corrected chi connectivity index (χ4v) is 2.78. The van der Waals surface area contributed by atoms with Gasteiger partial charge in [-0.25, -0.2) is 0 Å². The fraction of sp³-hybridized carbons (Fsp3) is 0.538. The van der Waals surface area contributed by atoms with E-state index < -0.39 is 0 Å². The van der Waals surface area contributed by atoms with Crippen LogP contribution in [0.4, 0.5) is 0 Å². The second kappa shape index (κ2) is 8.28. The van der Waals surface area contributed by atoms with Crippen LogP contribution in [0.15, 0.2) is 18.2 Å². The molecule has 0 aromatic heterocycles. The van der Waals surface area contributed by atoms with Gasteiger partial charge in [0, 0.05) is 24.4 Å². The van der Waals surface area contributed by atoms with E-state index >= 15 is 0 Å². The normalized spacial score (nSPS) is 14.5. The molecule has 0 spiro atoms. The molecule has 0 aliphatic carbocycles. The highest BCUT2D eigenvalue weighted by Crippen LogP contribution is 2.25. The summed E-state index contributed by atoms with van der Waals surface area (Å²) in [7, 11) is 0. The van der Waals surface area contributed by atoms with Crippen LogP contribution in [0.25, 0.3) is 0 Å². The third-order valence-electron chi connectivity index (χ3n) is 2.77. The molecule has 102 valence electrons. The third-order valence-corrected chi connectivity index (χ3v) is 4.25. The van der Waals surface area contributed by atoms with E-state index in [1.54, 1.807) is 11.8 Å². The van der Waals surface area contributed by atoms with Crippen LogP contribution < -0.4 is 5.32 Å². The second-order valence-corrected chi connectivity index (χ2v) is 5.95. The van der Waals surface area contributed by atoms with Crippen molar-refractivity contribution in [1.29, 1.82) is 0 Å². The van der Waals surface area contributed by atoms with Gasteiger partial charge in [-0.3, -0.25) is 0 Å². The van der Waals surface area contributed by atoms with Crippen LogP contribution in [0.1, 0.15) is 24.9 Å². The molecule has 2 nitrogen and oxygen atoms in total. The van der Waals surface area contributed by atoms with E-state index in [2.05, 4.69) is 18.5 Å². The van der Waals surface area contributed by atoms with E-state index in [1.807, 2.05) is 18.2 Å². The van der Waals surface area contributed by atoms with Crippen LogP contribution in [0.3, 0.4) is 0 Å². The number of hydrogen-bond acceptors (Lipinski definition) is 3. The lowest BCUT2D eigenvalue weighted by Crippen LogP contribution is -2.34. The lowest BCUT2D eigenvalue weighted by molar-refractivity contribution is 0.265. The molecule has 0 bridgehead atoms. The summed E-state index contributed by atoms with van der Waals surface area (Å²) < 4.78 is 0. The summed E-state index contributed by atoms with van der Waals surface area (Å²) in [4.78, 5) is 0. The Hall–Kier alpha value is 0.0700. The smallest absolute Gasteiger partial charge is 0.0595 e. The first-order valence-electron chi connectivity index (χ1n) is 5.89. The van der Waals surface area contributed by atoms with Gasteiger partial charge < -0.3 is 10.4 Å². The average Bonchev–Trinajstić information content (AvgIpc) is 2.33. The largest absolute Gasteiger partial charge is 0.396 e. The molecule has 0 aliphatic heterocycles. The van der Waals surface area contributed by atoms with Gasteiger partial charge in [0.25, 0.3) is 0 Å². The number of benzene rings is 1. The Balaban J connectivity index is 2.67. The van der Waals surface area contributed by atoms with Crippen molar-refractivity contribution in [3.05, 3.63) is 33.8 Å².